The van der Waals surface area contributed by atoms with Crippen molar-refractivity contribution in [3.05, 3.63) is 76.9 Å². The minimum Gasteiger partial charge on any atom is -0.309 e. The summed E-state index contributed by atoms with van der Waals surface area (Å²) in [6.45, 7) is 0. The van der Waals surface area contributed by atoms with Crippen molar-refractivity contribution in [3.63, 3.8) is 0 Å². The molecular formula is C17H15ClN2. The van der Waals surface area contributed by atoms with E-state index in [4.69, 9.17) is 11.6 Å². The fourth-order valence-electron chi connectivity index (χ4n) is 2.55. The van der Waals surface area contributed by atoms with Gasteiger partial charge in [0.05, 0.1) is 11.6 Å². The molecule has 1 N–H and O–H groups in total. The molecule has 0 saturated heterocycles. The summed E-state index contributed by atoms with van der Waals surface area (Å²) in [7, 11) is 1.95. The third-order valence-electron chi connectivity index (χ3n) is 3.45. The van der Waals surface area contributed by atoms with Crippen LogP contribution in [0, 0.1) is 0 Å². The zero-order valence-corrected chi connectivity index (χ0v) is 11.9. The largest absolute Gasteiger partial charge is 0.309 e. The molecule has 3 rings (SSSR count). The van der Waals surface area contributed by atoms with Crippen molar-refractivity contribution >= 4 is 22.5 Å². The number of hydrogen-bond acceptors (Lipinski definition) is 2. The lowest BCUT2D eigenvalue weighted by Crippen LogP contribution is -2.18. The maximum atomic E-state index is 6.11. The molecule has 100 valence electrons. The Morgan fingerprint density at radius 3 is 2.65 bits per heavy atom. The molecule has 2 nitrogen and oxygen atoms in total. The highest BCUT2D eigenvalue weighted by Gasteiger charge is 2.15. The minimum atomic E-state index is 0.0762. The van der Waals surface area contributed by atoms with E-state index in [0.717, 1.165) is 27.1 Å². The van der Waals surface area contributed by atoms with E-state index < -0.39 is 0 Å². The second-order valence-electron chi connectivity index (χ2n) is 4.70. The van der Waals surface area contributed by atoms with Crippen LogP contribution in [0.1, 0.15) is 17.2 Å². The third-order valence-corrected chi connectivity index (χ3v) is 3.68. The Hall–Kier alpha value is -1.90. The smallest absolute Gasteiger partial charge is 0.0753 e. The molecule has 0 amide bonds. The Labute approximate surface area is 123 Å². The number of aromatic nitrogens is 1. The standard InChI is InChI=1S/C17H15ClN2/c1-19-16(13-6-2-8-14(18)11-13)15-9-3-5-12-7-4-10-20-17(12)15/h2-11,16,19H,1H3. The molecule has 0 aliphatic rings. The Morgan fingerprint density at radius 2 is 1.85 bits per heavy atom. The zero-order valence-electron chi connectivity index (χ0n) is 11.2. The van der Waals surface area contributed by atoms with Gasteiger partial charge in [-0.2, -0.15) is 0 Å². The third kappa shape index (κ3) is 2.40. The van der Waals surface area contributed by atoms with E-state index in [-0.39, 0.29) is 6.04 Å². The van der Waals surface area contributed by atoms with Gasteiger partial charge in [0.15, 0.2) is 0 Å². The maximum Gasteiger partial charge on any atom is 0.0753 e. The predicted octanol–water partition coefficient (Wildman–Crippen LogP) is 4.20. The van der Waals surface area contributed by atoms with E-state index in [1.165, 1.54) is 0 Å². The van der Waals surface area contributed by atoms with Crippen LogP contribution in [-0.2, 0) is 0 Å². The SMILES string of the molecule is CNC(c1cccc(Cl)c1)c1cccc2cccnc12. The summed E-state index contributed by atoms with van der Waals surface area (Å²) in [6.07, 6.45) is 1.83. The van der Waals surface area contributed by atoms with Gasteiger partial charge in [-0.3, -0.25) is 4.98 Å². The van der Waals surface area contributed by atoms with Gasteiger partial charge in [0.25, 0.3) is 0 Å². The van der Waals surface area contributed by atoms with Crippen LogP contribution < -0.4 is 5.32 Å². The van der Waals surface area contributed by atoms with Crippen LogP contribution in [0.15, 0.2) is 60.8 Å². The van der Waals surface area contributed by atoms with E-state index in [1.54, 1.807) is 0 Å². The van der Waals surface area contributed by atoms with Crippen molar-refractivity contribution < 1.29 is 0 Å². The van der Waals surface area contributed by atoms with Crippen LogP contribution in [0.3, 0.4) is 0 Å². The van der Waals surface area contributed by atoms with E-state index in [1.807, 2.05) is 37.5 Å². The van der Waals surface area contributed by atoms with E-state index in [9.17, 15) is 0 Å². The highest BCUT2D eigenvalue weighted by atomic mass is 35.5. The monoisotopic (exact) mass is 282 g/mol. The predicted molar refractivity (Wildman–Crippen MR) is 84.1 cm³/mol. The first kappa shape index (κ1) is 13.1. The van der Waals surface area contributed by atoms with E-state index >= 15 is 0 Å². The van der Waals surface area contributed by atoms with Crippen molar-refractivity contribution in [3.8, 4) is 0 Å². The molecule has 0 saturated carbocycles. The molecule has 0 aliphatic carbocycles. The molecule has 1 heterocycles. The average molecular weight is 283 g/mol. The van der Waals surface area contributed by atoms with E-state index in [2.05, 4.69) is 40.6 Å². The summed E-state index contributed by atoms with van der Waals surface area (Å²) >= 11 is 6.11. The molecule has 0 spiro atoms. The van der Waals surface area contributed by atoms with Crippen molar-refractivity contribution in [1.82, 2.24) is 10.3 Å². The Kier molecular flexibility index (Phi) is 3.68. The van der Waals surface area contributed by atoms with Crippen LogP contribution in [0.5, 0.6) is 0 Å². The lowest BCUT2D eigenvalue weighted by atomic mass is 9.96. The first-order valence-electron chi connectivity index (χ1n) is 6.56. The number of hydrogen-bond donors (Lipinski definition) is 1. The van der Waals surface area contributed by atoms with Crippen LogP contribution in [0.4, 0.5) is 0 Å². The van der Waals surface area contributed by atoms with Crippen molar-refractivity contribution in [2.75, 3.05) is 7.05 Å². The fourth-order valence-corrected chi connectivity index (χ4v) is 2.75. The van der Waals surface area contributed by atoms with Gasteiger partial charge in [-0.1, -0.05) is 48.0 Å². The van der Waals surface area contributed by atoms with Gasteiger partial charge in [-0.05, 0) is 36.4 Å². The summed E-state index contributed by atoms with van der Waals surface area (Å²) < 4.78 is 0. The van der Waals surface area contributed by atoms with Gasteiger partial charge in [-0.15, -0.1) is 0 Å². The van der Waals surface area contributed by atoms with Gasteiger partial charge in [-0.25, -0.2) is 0 Å². The molecule has 0 fully saturated rings. The second kappa shape index (κ2) is 5.61. The van der Waals surface area contributed by atoms with Gasteiger partial charge in [0.1, 0.15) is 0 Å². The number of para-hydroxylation sites is 1. The normalized spacial score (nSPS) is 12.5. The van der Waals surface area contributed by atoms with E-state index in [0.29, 0.717) is 0 Å². The molecule has 1 unspecified atom stereocenters. The average Bonchev–Trinajstić information content (AvgIpc) is 2.48. The number of benzene rings is 2. The van der Waals surface area contributed by atoms with Crippen LogP contribution in [0.2, 0.25) is 5.02 Å². The second-order valence-corrected chi connectivity index (χ2v) is 5.14. The molecule has 3 heteroatoms. The number of halogens is 1. The highest BCUT2D eigenvalue weighted by molar-refractivity contribution is 6.30. The molecule has 0 aliphatic heterocycles. The summed E-state index contributed by atoms with van der Waals surface area (Å²) in [6, 6.07) is 18.3. The minimum absolute atomic E-state index is 0.0762. The first-order chi connectivity index (χ1) is 9.79. The number of nitrogens with zero attached hydrogens (tertiary/aromatic N) is 1. The van der Waals surface area contributed by atoms with Crippen LogP contribution in [0.25, 0.3) is 10.9 Å². The molecule has 3 aromatic rings. The number of pyridine rings is 1. The van der Waals surface area contributed by atoms with Crippen molar-refractivity contribution in [1.29, 1.82) is 0 Å². The molecule has 1 aromatic heterocycles. The van der Waals surface area contributed by atoms with Gasteiger partial charge < -0.3 is 5.32 Å². The highest BCUT2D eigenvalue weighted by Crippen LogP contribution is 2.28. The molecule has 20 heavy (non-hydrogen) atoms. The Bertz CT molecular complexity index is 734. The molecular weight excluding hydrogens is 268 g/mol. The molecule has 0 radical (unpaired) electrons. The lowest BCUT2D eigenvalue weighted by Gasteiger charge is -2.19. The van der Waals surface area contributed by atoms with Crippen LogP contribution in [-0.4, -0.2) is 12.0 Å². The summed E-state index contributed by atoms with van der Waals surface area (Å²) in [4.78, 5) is 4.52. The fraction of sp³-hybridized carbons (Fsp3) is 0.118. The zero-order chi connectivity index (χ0) is 13.9. The van der Waals surface area contributed by atoms with Gasteiger partial charge >= 0.3 is 0 Å². The summed E-state index contributed by atoms with van der Waals surface area (Å²) in [5.41, 5.74) is 3.32. The molecule has 1 atom stereocenters. The lowest BCUT2D eigenvalue weighted by molar-refractivity contribution is 0.695. The Morgan fingerprint density at radius 1 is 1.05 bits per heavy atom. The first-order valence-corrected chi connectivity index (χ1v) is 6.94. The summed E-state index contributed by atoms with van der Waals surface area (Å²) in [5, 5.41) is 5.25. The maximum absolute atomic E-state index is 6.11. The number of fused-ring (bicyclic) bond motifs is 1. The van der Waals surface area contributed by atoms with Gasteiger partial charge in [0.2, 0.25) is 0 Å². The number of rotatable bonds is 3. The Balaban J connectivity index is 2.17. The van der Waals surface area contributed by atoms with Gasteiger partial charge in [0, 0.05) is 16.6 Å². The summed E-state index contributed by atoms with van der Waals surface area (Å²) in [5.74, 6) is 0. The number of nitrogens with one attached hydrogen (secondary N) is 1. The quantitative estimate of drug-likeness (QED) is 0.779. The van der Waals surface area contributed by atoms with Crippen molar-refractivity contribution in [2.45, 2.75) is 6.04 Å². The molecule has 0 bridgehead atoms. The van der Waals surface area contributed by atoms with Crippen molar-refractivity contribution in [2.24, 2.45) is 0 Å². The topological polar surface area (TPSA) is 24.9 Å². The molecule has 2 aromatic carbocycles. The van der Waals surface area contributed by atoms with Crippen LogP contribution >= 0.6 is 11.6 Å².